The van der Waals surface area contributed by atoms with Crippen LogP contribution in [-0.2, 0) is 16.6 Å². The maximum atomic E-state index is 13.5. The van der Waals surface area contributed by atoms with E-state index in [-0.39, 0.29) is 23.4 Å². The van der Waals surface area contributed by atoms with E-state index >= 15 is 0 Å². The summed E-state index contributed by atoms with van der Waals surface area (Å²) in [4.78, 5) is 13.1. The average molecular weight is 501 g/mol. The molecule has 0 bridgehead atoms. The Hall–Kier alpha value is -4.10. The number of carbonyl (C=O) groups is 1. The molecule has 1 unspecified atom stereocenters. The van der Waals surface area contributed by atoms with Crippen LogP contribution in [0.15, 0.2) is 114 Å². The van der Waals surface area contributed by atoms with Gasteiger partial charge in [-0.2, -0.15) is 0 Å². The standard InChI is InChI=1S/C29H28N2O4S/c1-22(27-15-9-10-16-28(27)35-2)30-29(32)24-19-17-23(18-20-24)21-31(25-11-5-3-6-12-25)36(33,34)26-13-7-4-8-14-26/h3-20,22H,21H2,1-2H3,(H,30,32). The second-order valence-corrected chi connectivity index (χ2v) is 10.2. The predicted octanol–water partition coefficient (Wildman–Crippen LogP) is 5.58. The molecule has 36 heavy (non-hydrogen) atoms. The zero-order chi connectivity index (χ0) is 25.5. The van der Waals surface area contributed by atoms with Crippen LogP contribution in [0.25, 0.3) is 0 Å². The van der Waals surface area contributed by atoms with Crippen LogP contribution in [0.5, 0.6) is 5.75 Å². The molecule has 6 nitrogen and oxygen atoms in total. The molecule has 4 aromatic carbocycles. The summed E-state index contributed by atoms with van der Waals surface area (Å²) >= 11 is 0. The Balaban J connectivity index is 1.54. The lowest BCUT2D eigenvalue weighted by Crippen LogP contribution is -2.30. The number of ether oxygens (including phenoxy) is 1. The molecule has 0 radical (unpaired) electrons. The van der Waals surface area contributed by atoms with Gasteiger partial charge in [0, 0.05) is 11.1 Å². The molecular formula is C29H28N2O4S. The van der Waals surface area contributed by atoms with Crippen LogP contribution in [-0.4, -0.2) is 21.4 Å². The quantitative estimate of drug-likeness (QED) is 0.325. The number of benzene rings is 4. The first kappa shape index (κ1) is 25.0. The van der Waals surface area contributed by atoms with Gasteiger partial charge in [0.1, 0.15) is 5.75 Å². The van der Waals surface area contributed by atoms with Gasteiger partial charge in [0.05, 0.1) is 30.3 Å². The van der Waals surface area contributed by atoms with Crippen LogP contribution in [0.1, 0.15) is 34.5 Å². The average Bonchev–Trinajstić information content (AvgIpc) is 2.92. The van der Waals surface area contributed by atoms with Crippen molar-refractivity contribution in [3.05, 3.63) is 126 Å². The van der Waals surface area contributed by atoms with Gasteiger partial charge in [-0.25, -0.2) is 8.42 Å². The maximum Gasteiger partial charge on any atom is 0.264 e. The third kappa shape index (κ3) is 5.58. The molecule has 1 atom stereocenters. The number of para-hydroxylation sites is 2. The van der Waals surface area contributed by atoms with Crippen molar-refractivity contribution in [1.82, 2.24) is 5.32 Å². The zero-order valence-corrected chi connectivity index (χ0v) is 21.0. The number of methoxy groups -OCH3 is 1. The summed E-state index contributed by atoms with van der Waals surface area (Å²) in [6.45, 7) is 2.02. The van der Waals surface area contributed by atoms with E-state index < -0.39 is 10.0 Å². The summed E-state index contributed by atoms with van der Waals surface area (Å²) in [5.41, 5.74) is 2.69. The van der Waals surface area contributed by atoms with Gasteiger partial charge < -0.3 is 10.1 Å². The van der Waals surface area contributed by atoms with Gasteiger partial charge in [0.15, 0.2) is 0 Å². The molecule has 1 amide bonds. The SMILES string of the molecule is COc1ccccc1C(C)NC(=O)c1ccc(CN(c2ccccc2)S(=O)(=O)c2ccccc2)cc1. The molecule has 0 heterocycles. The summed E-state index contributed by atoms with van der Waals surface area (Å²) in [5.74, 6) is 0.484. The number of carbonyl (C=O) groups excluding carboxylic acids is 1. The largest absolute Gasteiger partial charge is 0.496 e. The molecule has 0 aromatic heterocycles. The first-order valence-electron chi connectivity index (χ1n) is 11.6. The summed E-state index contributed by atoms with van der Waals surface area (Å²) < 4.78 is 33.7. The highest BCUT2D eigenvalue weighted by atomic mass is 32.2. The first-order chi connectivity index (χ1) is 17.4. The van der Waals surface area contributed by atoms with Crippen molar-refractivity contribution in [2.45, 2.75) is 24.4 Å². The van der Waals surface area contributed by atoms with Gasteiger partial charge in [-0.3, -0.25) is 9.10 Å². The fourth-order valence-electron chi connectivity index (χ4n) is 3.94. The Morgan fingerprint density at radius 2 is 1.42 bits per heavy atom. The second-order valence-electron chi connectivity index (χ2n) is 8.29. The minimum atomic E-state index is -3.79. The van der Waals surface area contributed by atoms with Crippen molar-refractivity contribution in [3.8, 4) is 5.75 Å². The van der Waals surface area contributed by atoms with E-state index in [9.17, 15) is 13.2 Å². The normalized spacial score (nSPS) is 11.9. The Bertz CT molecular complexity index is 1410. The third-order valence-corrected chi connectivity index (χ3v) is 7.66. The van der Waals surface area contributed by atoms with Gasteiger partial charge in [-0.1, -0.05) is 66.7 Å². The van der Waals surface area contributed by atoms with Gasteiger partial charge in [-0.15, -0.1) is 0 Å². The van der Waals surface area contributed by atoms with E-state index in [2.05, 4.69) is 5.32 Å². The molecule has 0 aliphatic rings. The minimum absolute atomic E-state index is 0.126. The number of hydrogen-bond acceptors (Lipinski definition) is 4. The van der Waals surface area contributed by atoms with Crippen LogP contribution in [0.3, 0.4) is 0 Å². The molecule has 0 spiro atoms. The van der Waals surface area contributed by atoms with E-state index in [0.717, 1.165) is 11.1 Å². The molecule has 0 fully saturated rings. The number of hydrogen-bond donors (Lipinski definition) is 1. The number of rotatable bonds is 9. The zero-order valence-electron chi connectivity index (χ0n) is 20.2. The fourth-order valence-corrected chi connectivity index (χ4v) is 5.41. The summed E-state index contributed by atoms with van der Waals surface area (Å²) in [7, 11) is -2.19. The number of nitrogens with one attached hydrogen (secondary N) is 1. The highest BCUT2D eigenvalue weighted by Gasteiger charge is 2.25. The Morgan fingerprint density at radius 3 is 2.06 bits per heavy atom. The van der Waals surface area contributed by atoms with E-state index in [4.69, 9.17) is 4.74 Å². The van der Waals surface area contributed by atoms with E-state index in [0.29, 0.717) is 17.0 Å². The van der Waals surface area contributed by atoms with E-state index in [1.54, 1.807) is 86.0 Å². The summed E-state index contributed by atoms with van der Waals surface area (Å²) in [6.07, 6.45) is 0. The molecule has 4 rings (SSSR count). The lowest BCUT2D eigenvalue weighted by Gasteiger charge is -2.25. The van der Waals surface area contributed by atoms with Crippen molar-refractivity contribution < 1.29 is 17.9 Å². The number of amides is 1. The van der Waals surface area contributed by atoms with Crippen LogP contribution < -0.4 is 14.4 Å². The Morgan fingerprint density at radius 1 is 0.833 bits per heavy atom. The van der Waals surface area contributed by atoms with Gasteiger partial charge >= 0.3 is 0 Å². The van der Waals surface area contributed by atoms with Crippen molar-refractivity contribution in [1.29, 1.82) is 0 Å². The van der Waals surface area contributed by atoms with Crippen LogP contribution in [0.2, 0.25) is 0 Å². The number of sulfonamides is 1. The van der Waals surface area contributed by atoms with Crippen LogP contribution in [0, 0.1) is 0 Å². The molecule has 184 valence electrons. The van der Waals surface area contributed by atoms with E-state index in [1.165, 1.54) is 4.31 Å². The topological polar surface area (TPSA) is 75.7 Å². The predicted molar refractivity (Wildman–Crippen MR) is 142 cm³/mol. The lowest BCUT2D eigenvalue weighted by molar-refractivity contribution is 0.0939. The summed E-state index contributed by atoms with van der Waals surface area (Å²) in [6, 6.07) is 31.6. The number of nitrogens with zero attached hydrogens (tertiary/aromatic N) is 1. The molecule has 7 heteroatoms. The highest BCUT2D eigenvalue weighted by molar-refractivity contribution is 7.92. The minimum Gasteiger partial charge on any atom is -0.496 e. The molecule has 0 aliphatic heterocycles. The molecular weight excluding hydrogens is 472 g/mol. The van der Waals surface area contributed by atoms with Gasteiger partial charge in [0.2, 0.25) is 0 Å². The highest BCUT2D eigenvalue weighted by Crippen LogP contribution is 2.27. The van der Waals surface area contributed by atoms with Gasteiger partial charge in [0.25, 0.3) is 15.9 Å². The Kier molecular flexibility index (Phi) is 7.71. The molecule has 0 saturated heterocycles. The molecule has 4 aromatic rings. The van der Waals surface area contributed by atoms with Crippen molar-refractivity contribution in [3.63, 3.8) is 0 Å². The van der Waals surface area contributed by atoms with Crippen LogP contribution in [0.4, 0.5) is 5.69 Å². The van der Waals surface area contributed by atoms with Gasteiger partial charge in [-0.05, 0) is 55.0 Å². The molecule has 0 saturated carbocycles. The van der Waals surface area contributed by atoms with Crippen molar-refractivity contribution in [2.24, 2.45) is 0 Å². The smallest absolute Gasteiger partial charge is 0.264 e. The molecule has 1 N–H and O–H groups in total. The Labute approximate surface area is 212 Å². The van der Waals surface area contributed by atoms with Crippen LogP contribution >= 0.6 is 0 Å². The number of anilines is 1. The fraction of sp³-hybridized carbons (Fsp3) is 0.138. The summed E-state index contributed by atoms with van der Waals surface area (Å²) in [5, 5.41) is 2.99. The van der Waals surface area contributed by atoms with Crippen molar-refractivity contribution >= 4 is 21.6 Å². The monoisotopic (exact) mass is 500 g/mol. The second kappa shape index (κ2) is 11.1. The first-order valence-corrected chi connectivity index (χ1v) is 13.0. The van der Waals surface area contributed by atoms with E-state index in [1.807, 2.05) is 37.3 Å². The van der Waals surface area contributed by atoms with Crippen molar-refractivity contribution in [2.75, 3.05) is 11.4 Å². The maximum absolute atomic E-state index is 13.5. The lowest BCUT2D eigenvalue weighted by atomic mass is 10.1. The molecule has 0 aliphatic carbocycles. The third-order valence-electron chi connectivity index (χ3n) is 5.87.